The van der Waals surface area contributed by atoms with Crippen molar-refractivity contribution >= 4 is 87.0 Å². The minimum Gasteiger partial charge on any atom is -0.126 e. The molecule has 0 bridgehead atoms. The Hall–Kier alpha value is 2.53. The fraction of sp³-hybridized carbons (Fsp3) is 1.00. The molecule has 0 spiro atoms. The highest BCUT2D eigenvalue weighted by Crippen LogP contribution is 2.38. The summed E-state index contributed by atoms with van der Waals surface area (Å²) in [6.07, 6.45) is 12.6. The molecule has 0 aliphatic carbocycles. The number of unbranched alkanes of at least 4 members (excludes halogenated alkanes) is 8. The lowest BCUT2D eigenvalue weighted by atomic mass is 10.1. The van der Waals surface area contributed by atoms with Gasteiger partial charge in [-0.2, -0.15) is 0 Å². The van der Waals surface area contributed by atoms with Crippen LogP contribution in [0, 0.1) is 0 Å². The fourth-order valence-corrected chi connectivity index (χ4v) is 4.58. The standard InChI is InChI=1S/C12H22Br3Cl3Si/c13-12(14,15)10-8-6-4-2-1-3-5-7-9-11-19(16,17)18/h1-11H2. The van der Waals surface area contributed by atoms with Gasteiger partial charge in [0.05, 0.1) is 0 Å². The predicted molar refractivity (Wildman–Crippen MR) is 104 cm³/mol. The predicted octanol–water partition coefficient (Wildman–Crippen LogP) is 8.38. The monoisotopic (exact) mass is 536 g/mol. The normalized spacial score (nSPS) is 12.9. The van der Waals surface area contributed by atoms with E-state index in [4.69, 9.17) is 33.2 Å². The minimum absolute atomic E-state index is 0.0567. The molecule has 0 aromatic carbocycles. The van der Waals surface area contributed by atoms with Gasteiger partial charge in [-0.05, 0) is 12.5 Å². The van der Waals surface area contributed by atoms with Gasteiger partial charge < -0.3 is 0 Å². The van der Waals surface area contributed by atoms with Crippen LogP contribution in [0.25, 0.3) is 0 Å². The van der Waals surface area contributed by atoms with Gasteiger partial charge in [-0.25, -0.2) is 0 Å². The number of hydrogen-bond acceptors (Lipinski definition) is 0. The number of halogens is 6. The summed E-state index contributed by atoms with van der Waals surface area (Å²) in [4.78, 5) is 0. The van der Waals surface area contributed by atoms with Crippen LogP contribution in [0.1, 0.15) is 64.2 Å². The van der Waals surface area contributed by atoms with Gasteiger partial charge in [-0.15, -0.1) is 33.2 Å². The highest BCUT2D eigenvalue weighted by Gasteiger charge is 2.23. The van der Waals surface area contributed by atoms with Crippen molar-refractivity contribution in [3.8, 4) is 0 Å². The molecule has 0 rings (SSSR count). The molecule has 0 aliphatic rings. The van der Waals surface area contributed by atoms with Crippen molar-refractivity contribution in [3.63, 3.8) is 0 Å². The lowest BCUT2D eigenvalue weighted by molar-refractivity contribution is 0.561. The SMILES string of the molecule is Cl[Si](Cl)(Cl)CCCCCCCCCCCC(Br)(Br)Br. The van der Waals surface area contributed by atoms with Crippen LogP contribution in [0.15, 0.2) is 0 Å². The van der Waals surface area contributed by atoms with Gasteiger partial charge in [0.2, 0.25) is 0 Å². The topological polar surface area (TPSA) is 0 Å². The van der Waals surface area contributed by atoms with Crippen molar-refractivity contribution in [2.24, 2.45) is 0 Å². The maximum absolute atomic E-state index is 5.84. The van der Waals surface area contributed by atoms with E-state index in [9.17, 15) is 0 Å². The third-order valence-corrected chi connectivity index (χ3v) is 6.73. The average molecular weight is 540 g/mol. The molecule has 19 heavy (non-hydrogen) atoms. The number of hydrogen-bond donors (Lipinski definition) is 0. The van der Waals surface area contributed by atoms with E-state index < -0.39 is 6.00 Å². The highest BCUT2D eigenvalue weighted by molar-refractivity contribution is 9.39. The summed E-state index contributed by atoms with van der Waals surface area (Å²) in [5, 5.41) is 0. The molecular weight excluding hydrogens is 518 g/mol. The van der Waals surface area contributed by atoms with Crippen molar-refractivity contribution in [1.82, 2.24) is 0 Å². The third-order valence-electron chi connectivity index (χ3n) is 2.92. The van der Waals surface area contributed by atoms with Crippen LogP contribution in [0.4, 0.5) is 0 Å². The second-order valence-corrected chi connectivity index (χ2v) is 21.4. The lowest BCUT2D eigenvalue weighted by Crippen LogP contribution is -2.07. The summed E-state index contributed by atoms with van der Waals surface area (Å²) in [6.45, 7) is 0. The van der Waals surface area contributed by atoms with Gasteiger partial charge in [0.1, 0.15) is 2.14 Å². The Bertz CT molecular complexity index is 195. The van der Waals surface area contributed by atoms with Crippen LogP contribution >= 0.6 is 81.0 Å². The van der Waals surface area contributed by atoms with E-state index in [0.29, 0.717) is 0 Å². The van der Waals surface area contributed by atoms with Crippen molar-refractivity contribution in [3.05, 3.63) is 0 Å². The molecule has 116 valence electrons. The smallest absolute Gasteiger partial charge is 0.126 e. The van der Waals surface area contributed by atoms with E-state index >= 15 is 0 Å². The summed E-state index contributed by atoms with van der Waals surface area (Å²) in [7, 11) is 0. The molecule has 0 aromatic rings. The van der Waals surface area contributed by atoms with Crippen LogP contribution < -0.4 is 0 Å². The molecule has 0 fully saturated rings. The molecule has 7 heteroatoms. The second kappa shape index (κ2) is 12.0. The summed E-state index contributed by atoms with van der Waals surface area (Å²) in [6, 6.07) is -1.55. The van der Waals surface area contributed by atoms with E-state index in [1.807, 2.05) is 0 Å². The summed E-state index contributed by atoms with van der Waals surface area (Å²) in [5.41, 5.74) is 0. The molecule has 0 amide bonds. The molecule has 0 atom stereocenters. The average Bonchev–Trinajstić information content (AvgIpc) is 2.22. The van der Waals surface area contributed by atoms with E-state index in [1.165, 1.54) is 51.4 Å². The molecule has 0 aromatic heterocycles. The number of rotatable bonds is 11. The Kier molecular flexibility index (Phi) is 13.6. The maximum atomic E-state index is 5.84. The van der Waals surface area contributed by atoms with Crippen LogP contribution in [0.3, 0.4) is 0 Å². The van der Waals surface area contributed by atoms with Crippen LogP contribution in [0.5, 0.6) is 0 Å². The Morgan fingerprint density at radius 2 is 1.00 bits per heavy atom. The first-order valence-corrected chi connectivity index (χ1v) is 14.5. The molecule has 0 aliphatic heterocycles. The Morgan fingerprint density at radius 1 is 0.632 bits per heavy atom. The zero-order valence-corrected chi connectivity index (χ0v) is 19.1. The van der Waals surface area contributed by atoms with Gasteiger partial charge >= 0.3 is 6.00 Å². The van der Waals surface area contributed by atoms with Gasteiger partial charge in [0.15, 0.2) is 0 Å². The molecule has 0 nitrogen and oxygen atoms in total. The molecule has 0 N–H and O–H groups in total. The molecule has 0 heterocycles. The molecule has 0 unspecified atom stereocenters. The van der Waals surface area contributed by atoms with E-state index in [2.05, 4.69) is 47.8 Å². The summed E-state index contributed by atoms with van der Waals surface area (Å²) >= 11 is 28.1. The quantitative estimate of drug-likeness (QED) is 0.107. The van der Waals surface area contributed by atoms with Crippen molar-refractivity contribution < 1.29 is 0 Å². The first kappa shape index (κ1) is 21.5. The molecule has 0 saturated carbocycles. The first-order valence-electron chi connectivity index (χ1n) is 6.84. The molecule has 0 radical (unpaired) electrons. The summed E-state index contributed by atoms with van der Waals surface area (Å²) in [5.74, 6) is 0. The van der Waals surface area contributed by atoms with Crippen LogP contribution in [0.2, 0.25) is 6.04 Å². The highest BCUT2D eigenvalue weighted by atomic mass is 80.0. The van der Waals surface area contributed by atoms with Crippen molar-refractivity contribution in [2.45, 2.75) is 72.4 Å². The zero-order chi connectivity index (χ0) is 14.8. The van der Waals surface area contributed by atoms with E-state index in [1.54, 1.807) is 0 Å². The van der Waals surface area contributed by atoms with Gasteiger partial charge in [0, 0.05) is 0 Å². The maximum Gasteiger partial charge on any atom is 0.341 e. The second-order valence-electron chi connectivity index (χ2n) is 4.91. The zero-order valence-electron chi connectivity index (χ0n) is 11.0. The van der Waals surface area contributed by atoms with Gasteiger partial charge in [-0.3, -0.25) is 0 Å². The van der Waals surface area contributed by atoms with Gasteiger partial charge in [0.25, 0.3) is 0 Å². The first-order chi connectivity index (χ1) is 8.71. The van der Waals surface area contributed by atoms with E-state index in [0.717, 1.165) is 18.9 Å². The Labute approximate surface area is 158 Å². The van der Waals surface area contributed by atoms with Crippen molar-refractivity contribution in [1.29, 1.82) is 0 Å². The largest absolute Gasteiger partial charge is 0.341 e. The molecular formula is C12H22Br3Cl3Si. The Balaban J connectivity index is 3.12. The fourth-order valence-electron chi connectivity index (χ4n) is 1.89. The van der Waals surface area contributed by atoms with Crippen LogP contribution in [-0.4, -0.2) is 8.15 Å². The van der Waals surface area contributed by atoms with Gasteiger partial charge in [-0.1, -0.05) is 106 Å². The van der Waals surface area contributed by atoms with E-state index in [-0.39, 0.29) is 2.14 Å². The summed E-state index contributed by atoms with van der Waals surface area (Å²) < 4.78 is -0.0567. The Morgan fingerprint density at radius 3 is 1.37 bits per heavy atom. The van der Waals surface area contributed by atoms with Crippen LogP contribution in [-0.2, 0) is 0 Å². The minimum atomic E-state index is -2.36. The lowest BCUT2D eigenvalue weighted by Gasteiger charge is -2.10. The number of alkyl halides is 3. The van der Waals surface area contributed by atoms with Crippen molar-refractivity contribution in [2.75, 3.05) is 0 Å². The molecule has 0 saturated heterocycles. The third kappa shape index (κ3) is 20.5.